The highest BCUT2D eigenvalue weighted by Crippen LogP contribution is 2.56. The molecule has 0 fully saturated rings. The van der Waals surface area contributed by atoms with Crippen LogP contribution in [-0.4, -0.2) is 72.5 Å². The number of aliphatic hydroxyl groups excluding tert-OH is 2. The second-order valence-electron chi connectivity index (χ2n) is 4.02. The lowest BCUT2D eigenvalue weighted by Crippen LogP contribution is -2.69. The first-order valence-corrected chi connectivity index (χ1v) is 6.88. The molecule has 140 valence electrons. The molecule has 23 heavy (non-hydrogen) atoms. The Morgan fingerprint density at radius 3 is 1.26 bits per heavy atom. The van der Waals surface area contributed by atoms with Crippen molar-refractivity contribution in [2.24, 2.45) is 0 Å². The zero-order valence-electron chi connectivity index (χ0n) is 10.8. The molecule has 0 unspecified atom stereocenters. The number of hydrogen-bond acceptors (Lipinski definition) is 4. The van der Waals surface area contributed by atoms with Crippen LogP contribution in [0.5, 0.6) is 0 Å². The molecule has 0 aliphatic rings. The molecule has 0 radical (unpaired) electrons. The summed E-state index contributed by atoms with van der Waals surface area (Å²) in [7, 11) is -6.88. The van der Waals surface area contributed by atoms with Crippen molar-refractivity contribution in [3.63, 3.8) is 0 Å². The summed E-state index contributed by atoms with van der Waals surface area (Å²) in [5, 5.41) is 9.89. The predicted molar refractivity (Wildman–Crippen MR) is 55.6 cm³/mol. The summed E-state index contributed by atoms with van der Waals surface area (Å²) in [5.74, 6) is 0. The topological polar surface area (TPSA) is 77.8 Å². The second kappa shape index (κ2) is 6.60. The fourth-order valence-electron chi connectivity index (χ4n) is 1.41. The molecule has 2 N–H and O–H groups in total. The van der Waals surface area contributed by atoms with Gasteiger partial charge in [0.25, 0.3) is 10.0 Å². The van der Waals surface area contributed by atoms with Crippen molar-refractivity contribution < 1.29 is 58.1 Å². The zero-order chi connectivity index (χ0) is 18.9. The molecule has 0 rings (SSSR count). The molecule has 0 aromatic heterocycles. The van der Waals surface area contributed by atoms with Gasteiger partial charge >= 0.3 is 23.3 Å². The molecule has 5 nitrogen and oxygen atoms in total. The maximum atomic E-state index is 13.5. The van der Waals surface area contributed by atoms with E-state index in [9.17, 15) is 47.9 Å². The predicted octanol–water partition coefficient (Wildman–Crippen LogP) is 1.03. The van der Waals surface area contributed by atoms with Crippen LogP contribution in [0.4, 0.5) is 39.5 Å². The molecule has 0 bridgehead atoms. The van der Waals surface area contributed by atoms with E-state index in [-0.39, 0.29) is 0 Å². The lowest BCUT2D eigenvalue weighted by atomic mass is 10.1. The molecule has 0 atom stereocenters. The molecule has 0 spiro atoms. The van der Waals surface area contributed by atoms with Gasteiger partial charge in [0.05, 0.1) is 13.2 Å². The third-order valence-electron chi connectivity index (χ3n) is 2.54. The highest BCUT2D eigenvalue weighted by atomic mass is 32.2. The molecular weight excluding hydrogens is 377 g/mol. The van der Waals surface area contributed by atoms with E-state index >= 15 is 0 Å². The van der Waals surface area contributed by atoms with Crippen molar-refractivity contribution in [3.8, 4) is 0 Å². The Labute approximate surface area is 123 Å². The number of hydrogen-bond donors (Lipinski definition) is 2. The molecule has 0 aromatic rings. The largest absolute Gasteiger partial charge is 0.439 e. The van der Waals surface area contributed by atoms with Crippen LogP contribution in [0.25, 0.3) is 0 Å². The van der Waals surface area contributed by atoms with Crippen molar-refractivity contribution in [1.82, 2.24) is 4.31 Å². The molecular formula is C8H10F9NO4S. The maximum absolute atomic E-state index is 13.5. The standard InChI is InChI=1S/C8H10F9NO4S/c9-5(6(10,11)12,7(13,14)15)8(16,17)23(21,22)18(1-3-19)2-4-20/h19-20H,1-4H2. The Kier molecular flexibility index (Phi) is 6.37. The molecule has 15 heteroatoms. The number of rotatable bonds is 7. The van der Waals surface area contributed by atoms with Crippen molar-refractivity contribution in [1.29, 1.82) is 0 Å². The van der Waals surface area contributed by atoms with E-state index in [1.54, 1.807) is 0 Å². The first kappa shape index (κ1) is 22.2. The molecule has 0 saturated heterocycles. The lowest BCUT2D eigenvalue weighted by molar-refractivity contribution is -0.380. The van der Waals surface area contributed by atoms with Gasteiger partial charge in [-0.25, -0.2) is 12.8 Å². The summed E-state index contributed by atoms with van der Waals surface area (Å²) in [6, 6.07) is 0. The zero-order valence-corrected chi connectivity index (χ0v) is 11.6. The summed E-state index contributed by atoms with van der Waals surface area (Å²) in [6.45, 7) is -5.34. The average Bonchev–Trinajstić information content (AvgIpc) is 2.34. The van der Waals surface area contributed by atoms with Crippen LogP contribution in [0.3, 0.4) is 0 Å². The second-order valence-corrected chi connectivity index (χ2v) is 6.00. The minimum Gasteiger partial charge on any atom is -0.395 e. The van der Waals surface area contributed by atoms with Gasteiger partial charge in [-0.05, 0) is 0 Å². The van der Waals surface area contributed by atoms with Crippen LogP contribution < -0.4 is 0 Å². The van der Waals surface area contributed by atoms with E-state index < -0.39 is 63.9 Å². The number of alkyl halides is 9. The lowest BCUT2D eigenvalue weighted by Gasteiger charge is -2.37. The molecule has 0 aliphatic carbocycles. The van der Waals surface area contributed by atoms with Crippen molar-refractivity contribution >= 4 is 10.0 Å². The summed E-state index contributed by atoms with van der Waals surface area (Å²) >= 11 is 0. The summed E-state index contributed by atoms with van der Waals surface area (Å²) in [4.78, 5) is 0. The third-order valence-corrected chi connectivity index (χ3v) is 4.52. The fraction of sp³-hybridized carbons (Fsp3) is 1.00. The fourth-order valence-corrected chi connectivity index (χ4v) is 2.96. The van der Waals surface area contributed by atoms with Gasteiger partial charge in [0.15, 0.2) is 0 Å². The third kappa shape index (κ3) is 3.51. The van der Waals surface area contributed by atoms with Gasteiger partial charge in [-0.1, -0.05) is 0 Å². The molecule has 0 saturated carbocycles. The Bertz CT molecular complexity index is 481. The number of nitrogens with zero attached hydrogens (tertiary/aromatic N) is 1. The highest BCUT2D eigenvalue weighted by molar-refractivity contribution is 7.90. The summed E-state index contributed by atoms with van der Waals surface area (Å²) < 4.78 is 136. The van der Waals surface area contributed by atoms with Crippen molar-refractivity contribution in [2.75, 3.05) is 26.3 Å². The van der Waals surface area contributed by atoms with Gasteiger partial charge in [0.2, 0.25) is 0 Å². The molecule has 0 aliphatic heterocycles. The quantitative estimate of drug-likeness (QED) is 0.640. The van der Waals surface area contributed by atoms with Gasteiger partial charge < -0.3 is 10.2 Å². The SMILES string of the molecule is O=S(=O)(N(CCO)CCO)C(F)(F)C(F)(C(F)(F)F)C(F)(F)F. The van der Waals surface area contributed by atoms with Crippen molar-refractivity contribution in [3.05, 3.63) is 0 Å². The maximum Gasteiger partial charge on any atom is 0.439 e. The molecule has 0 aromatic carbocycles. The smallest absolute Gasteiger partial charge is 0.395 e. The normalized spacial score (nSPS) is 15.3. The van der Waals surface area contributed by atoms with E-state index in [2.05, 4.69) is 0 Å². The molecule has 0 heterocycles. The minimum atomic E-state index is -7.39. The van der Waals surface area contributed by atoms with E-state index in [1.807, 2.05) is 0 Å². The van der Waals surface area contributed by atoms with Crippen molar-refractivity contribution in [2.45, 2.75) is 23.3 Å². The number of sulfonamides is 1. The van der Waals surface area contributed by atoms with Crippen LogP contribution >= 0.6 is 0 Å². The number of aliphatic hydroxyl groups is 2. The van der Waals surface area contributed by atoms with Gasteiger partial charge in [-0.3, -0.25) is 0 Å². The summed E-state index contributed by atoms with van der Waals surface area (Å²) in [6.07, 6.45) is -14.6. The van der Waals surface area contributed by atoms with Crippen LogP contribution in [0.15, 0.2) is 0 Å². The first-order chi connectivity index (χ1) is 10.0. The van der Waals surface area contributed by atoms with Gasteiger partial charge in [0, 0.05) is 13.1 Å². The monoisotopic (exact) mass is 387 g/mol. The minimum absolute atomic E-state index is 0.779. The Hall–Kier alpha value is -0.800. The van der Waals surface area contributed by atoms with Crippen LogP contribution in [0, 0.1) is 0 Å². The van der Waals surface area contributed by atoms with Crippen LogP contribution in [-0.2, 0) is 10.0 Å². The Balaban J connectivity index is 6.37. The Morgan fingerprint density at radius 2 is 1.04 bits per heavy atom. The van der Waals surface area contributed by atoms with E-state index in [0.29, 0.717) is 0 Å². The van der Waals surface area contributed by atoms with Crippen LogP contribution in [0.1, 0.15) is 0 Å². The van der Waals surface area contributed by atoms with E-state index in [1.165, 1.54) is 0 Å². The highest BCUT2D eigenvalue weighted by Gasteiger charge is 2.88. The summed E-state index contributed by atoms with van der Waals surface area (Å²) in [5.41, 5.74) is -7.39. The first-order valence-electron chi connectivity index (χ1n) is 5.44. The average molecular weight is 387 g/mol. The van der Waals surface area contributed by atoms with Crippen LogP contribution in [0.2, 0.25) is 0 Å². The molecule has 0 amide bonds. The van der Waals surface area contributed by atoms with Gasteiger partial charge in [0.1, 0.15) is 0 Å². The number of halogens is 9. The Morgan fingerprint density at radius 1 is 0.739 bits per heavy atom. The van der Waals surface area contributed by atoms with E-state index in [4.69, 9.17) is 10.2 Å². The van der Waals surface area contributed by atoms with E-state index in [0.717, 1.165) is 0 Å². The van der Waals surface area contributed by atoms with Gasteiger partial charge in [-0.15, -0.1) is 0 Å². The van der Waals surface area contributed by atoms with Gasteiger partial charge in [-0.2, -0.15) is 39.4 Å².